The maximum Gasteiger partial charge on any atom is 0.251 e. The van der Waals surface area contributed by atoms with Crippen molar-refractivity contribution in [3.63, 3.8) is 0 Å². The zero-order chi connectivity index (χ0) is 22.9. The van der Waals surface area contributed by atoms with E-state index in [0.717, 1.165) is 18.7 Å². The zero-order valence-electron chi connectivity index (χ0n) is 19.1. The molecule has 172 valence electrons. The van der Waals surface area contributed by atoms with Crippen LogP contribution in [0.15, 0.2) is 42.5 Å². The van der Waals surface area contributed by atoms with Crippen LogP contribution in [-0.2, 0) is 17.9 Å². The molecule has 7 heteroatoms. The number of benzene rings is 2. The molecule has 1 unspecified atom stereocenters. The van der Waals surface area contributed by atoms with Gasteiger partial charge in [0.05, 0.1) is 20.8 Å². The third-order valence-electron chi connectivity index (χ3n) is 5.96. The van der Waals surface area contributed by atoms with Crippen LogP contribution in [0.4, 0.5) is 0 Å². The SMILES string of the molecule is COc1ccc(C(=O)NCC(=O)NCc2ccccc2CN2CCCCC2C)cc1OC. The first kappa shape index (κ1) is 23.6. The van der Waals surface area contributed by atoms with E-state index in [2.05, 4.69) is 28.5 Å². The summed E-state index contributed by atoms with van der Waals surface area (Å²) in [5.74, 6) is 0.421. The van der Waals surface area contributed by atoms with Gasteiger partial charge in [0.2, 0.25) is 5.91 Å². The number of carbonyl (C=O) groups is 2. The Hall–Kier alpha value is -3.06. The molecule has 0 radical (unpaired) electrons. The van der Waals surface area contributed by atoms with E-state index < -0.39 is 0 Å². The van der Waals surface area contributed by atoms with Crippen molar-refractivity contribution in [1.82, 2.24) is 15.5 Å². The second-order valence-electron chi connectivity index (χ2n) is 8.11. The largest absolute Gasteiger partial charge is 0.493 e. The smallest absolute Gasteiger partial charge is 0.251 e. The molecule has 2 aromatic rings. The van der Waals surface area contributed by atoms with Crippen LogP contribution in [0, 0.1) is 0 Å². The van der Waals surface area contributed by atoms with Crippen molar-refractivity contribution in [3.05, 3.63) is 59.2 Å². The molecule has 0 saturated carbocycles. The first-order chi connectivity index (χ1) is 15.5. The highest BCUT2D eigenvalue weighted by Gasteiger charge is 2.19. The Morgan fingerprint density at radius 1 is 1.00 bits per heavy atom. The second kappa shape index (κ2) is 11.5. The van der Waals surface area contributed by atoms with Gasteiger partial charge in [0.1, 0.15) is 0 Å². The Morgan fingerprint density at radius 2 is 1.75 bits per heavy atom. The van der Waals surface area contributed by atoms with E-state index in [1.54, 1.807) is 18.2 Å². The third-order valence-corrected chi connectivity index (χ3v) is 5.96. The monoisotopic (exact) mass is 439 g/mol. The van der Waals surface area contributed by atoms with Crippen molar-refractivity contribution in [2.75, 3.05) is 27.3 Å². The molecule has 0 spiro atoms. The van der Waals surface area contributed by atoms with E-state index in [4.69, 9.17) is 9.47 Å². The van der Waals surface area contributed by atoms with Crippen LogP contribution < -0.4 is 20.1 Å². The van der Waals surface area contributed by atoms with E-state index >= 15 is 0 Å². The number of hydrogen-bond donors (Lipinski definition) is 2. The van der Waals surface area contributed by atoms with Gasteiger partial charge in [0.25, 0.3) is 5.91 Å². The van der Waals surface area contributed by atoms with Crippen molar-refractivity contribution in [2.45, 2.75) is 45.3 Å². The van der Waals surface area contributed by atoms with Crippen LogP contribution in [0.25, 0.3) is 0 Å². The summed E-state index contributed by atoms with van der Waals surface area (Å²) in [6.07, 6.45) is 3.77. The minimum atomic E-state index is -0.347. The number of ether oxygens (including phenoxy) is 2. The van der Waals surface area contributed by atoms with Crippen LogP contribution in [-0.4, -0.2) is 50.1 Å². The number of likely N-dealkylation sites (tertiary alicyclic amines) is 1. The molecule has 1 aliphatic heterocycles. The van der Waals surface area contributed by atoms with Gasteiger partial charge in [-0.15, -0.1) is 0 Å². The normalized spacial score (nSPS) is 16.3. The Kier molecular flexibility index (Phi) is 8.50. The predicted octanol–water partition coefficient (Wildman–Crippen LogP) is 3.12. The van der Waals surface area contributed by atoms with Gasteiger partial charge in [-0.3, -0.25) is 14.5 Å². The fourth-order valence-electron chi connectivity index (χ4n) is 3.99. The average Bonchev–Trinajstić information content (AvgIpc) is 2.82. The van der Waals surface area contributed by atoms with Crippen LogP contribution in [0.3, 0.4) is 0 Å². The standard InChI is InChI=1S/C25H33N3O4/c1-18-8-6-7-13-28(18)17-21-10-5-4-9-20(21)15-26-24(29)16-27-25(30)19-11-12-22(31-2)23(14-19)32-3/h4-5,9-12,14,18H,6-8,13,15-17H2,1-3H3,(H,26,29)(H,27,30). The van der Waals surface area contributed by atoms with Gasteiger partial charge in [-0.2, -0.15) is 0 Å². The molecule has 1 aliphatic rings. The van der Waals surface area contributed by atoms with E-state index in [-0.39, 0.29) is 18.4 Å². The Bertz CT molecular complexity index is 931. The lowest BCUT2D eigenvalue weighted by Crippen LogP contribution is -2.38. The number of amides is 2. The lowest BCUT2D eigenvalue weighted by molar-refractivity contribution is -0.120. The Balaban J connectivity index is 1.51. The molecular weight excluding hydrogens is 406 g/mol. The number of hydrogen-bond acceptors (Lipinski definition) is 5. The molecule has 1 saturated heterocycles. The summed E-state index contributed by atoms with van der Waals surface area (Å²) < 4.78 is 10.4. The number of nitrogens with zero attached hydrogens (tertiary/aromatic N) is 1. The lowest BCUT2D eigenvalue weighted by atomic mass is 10.0. The van der Waals surface area contributed by atoms with Gasteiger partial charge in [-0.05, 0) is 55.6 Å². The molecule has 0 bridgehead atoms. The molecule has 1 atom stereocenters. The molecular formula is C25H33N3O4. The van der Waals surface area contributed by atoms with E-state index in [1.807, 2.05) is 18.2 Å². The van der Waals surface area contributed by atoms with Crippen LogP contribution in [0.5, 0.6) is 11.5 Å². The summed E-state index contributed by atoms with van der Waals surface area (Å²) in [5, 5.41) is 5.57. The zero-order valence-corrected chi connectivity index (χ0v) is 19.1. The van der Waals surface area contributed by atoms with Gasteiger partial charge in [0.15, 0.2) is 11.5 Å². The molecule has 7 nitrogen and oxygen atoms in total. The van der Waals surface area contributed by atoms with E-state index in [9.17, 15) is 9.59 Å². The molecule has 1 heterocycles. The summed E-state index contributed by atoms with van der Waals surface area (Å²) in [5.41, 5.74) is 2.73. The fraction of sp³-hybridized carbons (Fsp3) is 0.440. The first-order valence-corrected chi connectivity index (χ1v) is 11.1. The molecule has 2 amide bonds. The molecule has 32 heavy (non-hydrogen) atoms. The first-order valence-electron chi connectivity index (χ1n) is 11.1. The van der Waals surface area contributed by atoms with Gasteiger partial charge in [0, 0.05) is 24.7 Å². The summed E-state index contributed by atoms with van der Waals surface area (Å²) in [4.78, 5) is 27.3. The highest BCUT2D eigenvalue weighted by atomic mass is 16.5. The predicted molar refractivity (Wildman–Crippen MR) is 124 cm³/mol. The Morgan fingerprint density at radius 3 is 2.47 bits per heavy atom. The van der Waals surface area contributed by atoms with Crippen LogP contribution >= 0.6 is 0 Å². The second-order valence-corrected chi connectivity index (χ2v) is 8.11. The van der Waals surface area contributed by atoms with Gasteiger partial charge < -0.3 is 20.1 Å². The number of piperidine rings is 1. The fourth-order valence-corrected chi connectivity index (χ4v) is 3.99. The maximum absolute atomic E-state index is 12.4. The van der Waals surface area contributed by atoms with E-state index in [1.165, 1.54) is 39.0 Å². The molecule has 0 aromatic heterocycles. The van der Waals surface area contributed by atoms with Gasteiger partial charge >= 0.3 is 0 Å². The van der Waals surface area contributed by atoms with E-state index in [0.29, 0.717) is 29.6 Å². The van der Waals surface area contributed by atoms with Gasteiger partial charge in [-0.1, -0.05) is 30.7 Å². The summed E-state index contributed by atoms with van der Waals surface area (Å²) >= 11 is 0. The average molecular weight is 440 g/mol. The number of rotatable bonds is 9. The quantitative estimate of drug-likeness (QED) is 0.628. The number of methoxy groups -OCH3 is 2. The highest BCUT2D eigenvalue weighted by molar-refractivity contribution is 5.97. The van der Waals surface area contributed by atoms with Crippen molar-refractivity contribution in [2.24, 2.45) is 0 Å². The maximum atomic E-state index is 12.4. The summed E-state index contributed by atoms with van der Waals surface area (Å²) in [7, 11) is 3.05. The Labute approximate surface area is 190 Å². The lowest BCUT2D eigenvalue weighted by Gasteiger charge is -2.33. The molecule has 0 aliphatic carbocycles. The summed E-state index contributed by atoms with van der Waals surface area (Å²) in [6, 6.07) is 13.7. The molecule has 1 fully saturated rings. The third kappa shape index (κ3) is 6.23. The minimum absolute atomic E-state index is 0.0987. The highest BCUT2D eigenvalue weighted by Crippen LogP contribution is 2.27. The minimum Gasteiger partial charge on any atom is -0.493 e. The van der Waals surface area contributed by atoms with Crippen molar-refractivity contribution in [3.8, 4) is 11.5 Å². The van der Waals surface area contributed by atoms with Crippen LogP contribution in [0.1, 0.15) is 47.7 Å². The molecule has 2 N–H and O–H groups in total. The number of carbonyl (C=O) groups excluding carboxylic acids is 2. The summed E-state index contributed by atoms with van der Waals surface area (Å²) in [6.45, 7) is 4.62. The van der Waals surface area contributed by atoms with Crippen molar-refractivity contribution < 1.29 is 19.1 Å². The molecule has 2 aromatic carbocycles. The number of nitrogens with one attached hydrogen (secondary N) is 2. The van der Waals surface area contributed by atoms with Crippen molar-refractivity contribution in [1.29, 1.82) is 0 Å². The molecule has 3 rings (SSSR count). The van der Waals surface area contributed by atoms with Crippen LogP contribution in [0.2, 0.25) is 0 Å². The van der Waals surface area contributed by atoms with Gasteiger partial charge in [-0.25, -0.2) is 0 Å². The van der Waals surface area contributed by atoms with Crippen molar-refractivity contribution >= 4 is 11.8 Å². The topological polar surface area (TPSA) is 79.9 Å².